The van der Waals surface area contributed by atoms with Gasteiger partial charge in [-0.05, 0) is 36.1 Å². The largest absolute Gasteiger partial charge is 0.326 e. The molecule has 0 radical (unpaired) electrons. The van der Waals surface area contributed by atoms with Crippen LogP contribution in [0.5, 0.6) is 0 Å². The zero-order valence-corrected chi connectivity index (χ0v) is 15.1. The molecule has 1 heterocycles. The number of H-pyrrole nitrogens is 1. The van der Waals surface area contributed by atoms with Crippen molar-refractivity contribution in [1.29, 1.82) is 0 Å². The van der Waals surface area contributed by atoms with Crippen molar-refractivity contribution in [1.82, 2.24) is 9.97 Å². The zero-order valence-electron chi connectivity index (χ0n) is 15.1. The number of carbonyl (C=O) groups excluding carboxylic acids is 1. The molecule has 0 unspecified atom stereocenters. The maximum Gasteiger partial charge on any atom is 0.270 e. The molecule has 5 heteroatoms. The van der Waals surface area contributed by atoms with E-state index in [0.29, 0.717) is 17.6 Å². The molecular formula is C21H23N3O2. The van der Waals surface area contributed by atoms with Crippen molar-refractivity contribution in [3.63, 3.8) is 0 Å². The number of aryl methyl sites for hydroxylation is 3. The first-order valence-corrected chi connectivity index (χ1v) is 9.01. The van der Waals surface area contributed by atoms with Crippen molar-refractivity contribution < 1.29 is 4.79 Å². The second-order valence-electron chi connectivity index (χ2n) is 6.24. The molecular weight excluding hydrogens is 326 g/mol. The Morgan fingerprint density at radius 2 is 1.73 bits per heavy atom. The van der Waals surface area contributed by atoms with Crippen LogP contribution in [0.25, 0.3) is 11.0 Å². The maximum absolute atomic E-state index is 12.4. The number of hydrogen-bond acceptors (Lipinski definition) is 3. The Morgan fingerprint density at radius 3 is 2.42 bits per heavy atom. The van der Waals surface area contributed by atoms with E-state index in [4.69, 9.17) is 0 Å². The highest BCUT2D eigenvalue weighted by Crippen LogP contribution is 2.22. The summed E-state index contributed by atoms with van der Waals surface area (Å²) in [4.78, 5) is 31.8. The number of hydrogen-bond donors (Lipinski definition) is 2. The van der Waals surface area contributed by atoms with Gasteiger partial charge >= 0.3 is 0 Å². The molecule has 3 aromatic rings. The second kappa shape index (κ2) is 7.95. The lowest BCUT2D eigenvalue weighted by atomic mass is 10.0. The molecule has 0 saturated carbocycles. The number of nitrogens with zero attached hydrogens (tertiary/aromatic N) is 1. The lowest BCUT2D eigenvalue weighted by Gasteiger charge is -2.14. The lowest BCUT2D eigenvalue weighted by molar-refractivity contribution is -0.116. The Labute approximate surface area is 152 Å². The number of nitrogens with one attached hydrogen (secondary N) is 2. The molecule has 26 heavy (non-hydrogen) atoms. The third kappa shape index (κ3) is 3.82. The van der Waals surface area contributed by atoms with E-state index in [9.17, 15) is 9.59 Å². The average molecular weight is 349 g/mol. The molecule has 134 valence electrons. The zero-order chi connectivity index (χ0) is 18.5. The van der Waals surface area contributed by atoms with Gasteiger partial charge in [-0.2, -0.15) is 0 Å². The molecule has 0 fully saturated rings. The summed E-state index contributed by atoms with van der Waals surface area (Å²) in [6.45, 7) is 4.14. The quantitative estimate of drug-likeness (QED) is 0.714. The minimum atomic E-state index is -0.236. The maximum atomic E-state index is 12.4. The predicted octanol–water partition coefficient (Wildman–Crippen LogP) is 3.62. The molecule has 1 aromatic heterocycles. The van der Waals surface area contributed by atoms with Crippen LogP contribution in [0.1, 0.15) is 37.1 Å². The fourth-order valence-corrected chi connectivity index (χ4v) is 3.07. The molecule has 0 spiro atoms. The van der Waals surface area contributed by atoms with Crippen LogP contribution in [0, 0.1) is 0 Å². The van der Waals surface area contributed by atoms with E-state index < -0.39 is 0 Å². The van der Waals surface area contributed by atoms with Gasteiger partial charge in [-0.3, -0.25) is 9.59 Å². The normalized spacial score (nSPS) is 10.8. The first kappa shape index (κ1) is 17.9. The fraction of sp³-hybridized carbons (Fsp3) is 0.286. The van der Waals surface area contributed by atoms with Crippen molar-refractivity contribution in [2.24, 2.45) is 0 Å². The van der Waals surface area contributed by atoms with Crippen molar-refractivity contribution in [2.75, 3.05) is 5.32 Å². The van der Waals surface area contributed by atoms with E-state index in [2.05, 4.69) is 29.1 Å². The van der Waals surface area contributed by atoms with Gasteiger partial charge in [0.2, 0.25) is 5.91 Å². The number of rotatable bonds is 6. The van der Waals surface area contributed by atoms with Crippen LogP contribution >= 0.6 is 0 Å². The number of fused-ring (bicyclic) bond motifs is 1. The van der Waals surface area contributed by atoms with Gasteiger partial charge in [-0.15, -0.1) is 0 Å². The molecule has 2 N–H and O–H groups in total. The molecule has 2 aromatic carbocycles. The summed E-state index contributed by atoms with van der Waals surface area (Å²) in [6.07, 6.45) is 2.24. The molecule has 0 aliphatic carbocycles. The van der Waals surface area contributed by atoms with E-state index in [0.717, 1.165) is 35.2 Å². The number of para-hydroxylation sites is 3. The Morgan fingerprint density at radius 1 is 1.04 bits per heavy atom. The molecule has 0 aliphatic rings. The van der Waals surface area contributed by atoms with Gasteiger partial charge in [-0.25, -0.2) is 4.98 Å². The summed E-state index contributed by atoms with van der Waals surface area (Å²) in [5, 5.41) is 3.03. The highest BCUT2D eigenvalue weighted by Gasteiger charge is 2.12. The van der Waals surface area contributed by atoms with Gasteiger partial charge in [0, 0.05) is 18.5 Å². The van der Waals surface area contributed by atoms with Crippen LogP contribution in [0.2, 0.25) is 0 Å². The van der Waals surface area contributed by atoms with Crippen LogP contribution in [0.3, 0.4) is 0 Å². The van der Waals surface area contributed by atoms with E-state index in [1.54, 1.807) is 0 Å². The van der Waals surface area contributed by atoms with E-state index in [1.807, 2.05) is 42.5 Å². The first-order valence-electron chi connectivity index (χ1n) is 9.01. The average Bonchev–Trinajstić information content (AvgIpc) is 2.66. The number of aromatic nitrogens is 2. The van der Waals surface area contributed by atoms with Crippen LogP contribution in [-0.4, -0.2) is 15.9 Å². The molecule has 0 bridgehead atoms. The van der Waals surface area contributed by atoms with Gasteiger partial charge in [0.1, 0.15) is 5.69 Å². The van der Waals surface area contributed by atoms with Gasteiger partial charge in [0.05, 0.1) is 11.0 Å². The third-order valence-corrected chi connectivity index (χ3v) is 4.52. The SMILES string of the molecule is CCc1cccc(CC)c1NC(=O)CCc1nc2ccccc2[nH]c1=O. The van der Waals surface area contributed by atoms with E-state index in [-0.39, 0.29) is 17.9 Å². The van der Waals surface area contributed by atoms with Crippen LogP contribution in [0.4, 0.5) is 5.69 Å². The van der Waals surface area contributed by atoms with E-state index in [1.165, 1.54) is 0 Å². The standard InChI is InChI=1S/C21H23N3O2/c1-3-14-8-7-9-15(4-2)20(14)24-19(25)13-12-18-21(26)23-17-11-6-5-10-16(17)22-18/h5-11H,3-4,12-13H2,1-2H3,(H,23,26)(H,24,25). The fourth-order valence-electron chi connectivity index (χ4n) is 3.07. The number of carbonyl (C=O) groups is 1. The summed E-state index contributed by atoms with van der Waals surface area (Å²) < 4.78 is 0. The van der Waals surface area contributed by atoms with Crippen molar-refractivity contribution in [2.45, 2.75) is 39.5 Å². The van der Waals surface area contributed by atoms with Crippen LogP contribution in [0.15, 0.2) is 47.3 Å². The van der Waals surface area contributed by atoms with Gasteiger partial charge < -0.3 is 10.3 Å². The molecule has 0 saturated heterocycles. The third-order valence-electron chi connectivity index (χ3n) is 4.52. The molecule has 5 nitrogen and oxygen atoms in total. The smallest absolute Gasteiger partial charge is 0.270 e. The molecule has 0 atom stereocenters. The summed E-state index contributed by atoms with van der Waals surface area (Å²) >= 11 is 0. The Bertz CT molecular complexity index is 970. The second-order valence-corrected chi connectivity index (χ2v) is 6.24. The summed E-state index contributed by atoms with van der Waals surface area (Å²) in [5.74, 6) is -0.102. The Hall–Kier alpha value is -2.95. The Kier molecular flexibility index (Phi) is 5.46. The number of benzene rings is 2. The highest BCUT2D eigenvalue weighted by atomic mass is 16.1. The topological polar surface area (TPSA) is 74.8 Å². The minimum Gasteiger partial charge on any atom is -0.326 e. The highest BCUT2D eigenvalue weighted by molar-refractivity contribution is 5.92. The van der Waals surface area contributed by atoms with Gasteiger partial charge in [-0.1, -0.05) is 44.2 Å². The van der Waals surface area contributed by atoms with Crippen molar-refractivity contribution in [3.05, 3.63) is 69.6 Å². The molecule has 1 amide bonds. The summed E-state index contributed by atoms with van der Waals surface area (Å²) in [7, 11) is 0. The minimum absolute atomic E-state index is 0.102. The first-order chi connectivity index (χ1) is 12.6. The van der Waals surface area contributed by atoms with E-state index >= 15 is 0 Å². The molecule has 0 aliphatic heterocycles. The summed E-state index contributed by atoms with van der Waals surface area (Å²) in [5.41, 5.74) is 4.74. The number of amides is 1. The summed E-state index contributed by atoms with van der Waals surface area (Å²) in [6, 6.07) is 13.5. The Balaban J connectivity index is 1.74. The number of aromatic amines is 1. The van der Waals surface area contributed by atoms with Crippen molar-refractivity contribution >= 4 is 22.6 Å². The number of anilines is 1. The predicted molar refractivity (Wildman–Crippen MR) is 105 cm³/mol. The van der Waals surface area contributed by atoms with Gasteiger partial charge in [0.25, 0.3) is 5.56 Å². The van der Waals surface area contributed by atoms with Crippen LogP contribution < -0.4 is 10.9 Å². The van der Waals surface area contributed by atoms with Crippen LogP contribution in [-0.2, 0) is 24.1 Å². The monoisotopic (exact) mass is 349 g/mol. The van der Waals surface area contributed by atoms with Crippen molar-refractivity contribution in [3.8, 4) is 0 Å². The van der Waals surface area contributed by atoms with Gasteiger partial charge in [0.15, 0.2) is 0 Å². The lowest BCUT2D eigenvalue weighted by Crippen LogP contribution is -2.19. The molecule has 3 rings (SSSR count).